The van der Waals surface area contributed by atoms with E-state index in [1.54, 1.807) is 43.4 Å². The molecule has 0 atom stereocenters. The van der Waals surface area contributed by atoms with Crippen molar-refractivity contribution in [2.45, 2.75) is 6.42 Å². The number of para-hydroxylation sites is 2. The molecule has 0 aliphatic rings. The van der Waals surface area contributed by atoms with Crippen molar-refractivity contribution in [1.82, 2.24) is 0 Å². The number of nitrogens with one attached hydrogen (secondary N) is 2. The SMILES string of the molecule is CNc1ccccc1C(=O)Nc1ccccc1CC(N)=O. The van der Waals surface area contributed by atoms with Gasteiger partial charge in [-0.05, 0) is 23.8 Å². The summed E-state index contributed by atoms with van der Waals surface area (Å²) in [4.78, 5) is 23.4. The standard InChI is InChI=1S/C16H17N3O2/c1-18-14-9-5-3-7-12(14)16(21)19-13-8-4-2-6-11(13)10-15(17)20/h2-9,18H,10H2,1H3,(H2,17,20)(H,19,21). The zero-order chi connectivity index (χ0) is 15.2. The molecule has 108 valence electrons. The van der Waals surface area contributed by atoms with E-state index < -0.39 is 5.91 Å². The fourth-order valence-corrected chi connectivity index (χ4v) is 2.07. The van der Waals surface area contributed by atoms with E-state index in [-0.39, 0.29) is 12.3 Å². The lowest BCUT2D eigenvalue weighted by Crippen LogP contribution is -2.18. The van der Waals surface area contributed by atoms with Crippen LogP contribution in [0.1, 0.15) is 15.9 Å². The normalized spacial score (nSPS) is 9.95. The van der Waals surface area contributed by atoms with Gasteiger partial charge >= 0.3 is 0 Å². The summed E-state index contributed by atoms with van der Waals surface area (Å²) in [6.45, 7) is 0. The average Bonchev–Trinajstić information content (AvgIpc) is 2.48. The van der Waals surface area contributed by atoms with Crippen LogP contribution in [0.4, 0.5) is 11.4 Å². The van der Waals surface area contributed by atoms with Crippen molar-refractivity contribution in [2.24, 2.45) is 5.73 Å². The van der Waals surface area contributed by atoms with Crippen LogP contribution >= 0.6 is 0 Å². The zero-order valence-corrected chi connectivity index (χ0v) is 11.7. The highest BCUT2D eigenvalue weighted by Crippen LogP contribution is 2.19. The molecule has 0 saturated heterocycles. The van der Waals surface area contributed by atoms with Gasteiger partial charge in [0.2, 0.25) is 5.91 Å². The quantitative estimate of drug-likeness (QED) is 0.784. The van der Waals surface area contributed by atoms with Gasteiger partial charge in [-0.25, -0.2) is 0 Å². The van der Waals surface area contributed by atoms with Gasteiger partial charge in [-0.15, -0.1) is 0 Å². The van der Waals surface area contributed by atoms with Crippen LogP contribution in [0.2, 0.25) is 0 Å². The third-order valence-electron chi connectivity index (χ3n) is 3.07. The van der Waals surface area contributed by atoms with Crippen molar-refractivity contribution in [3.05, 3.63) is 59.7 Å². The van der Waals surface area contributed by atoms with E-state index in [1.165, 1.54) is 0 Å². The van der Waals surface area contributed by atoms with E-state index in [0.717, 1.165) is 5.69 Å². The summed E-state index contributed by atoms with van der Waals surface area (Å²) < 4.78 is 0. The minimum Gasteiger partial charge on any atom is -0.387 e. The Bertz CT molecular complexity index is 668. The monoisotopic (exact) mass is 283 g/mol. The molecule has 5 heteroatoms. The molecule has 0 saturated carbocycles. The molecule has 2 aromatic carbocycles. The second-order valence-corrected chi connectivity index (χ2v) is 4.55. The van der Waals surface area contributed by atoms with Crippen molar-refractivity contribution in [3.63, 3.8) is 0 Å². The smallest absolute Gasteiger partial charge is 0.257 e. The number of carbonyl (C=O) groups excluding carboxylic acids is 2. The van der Waals surface area contributed by atoms with Crippen LogP contribution in [0.5, 0.6) is 0 Å². The third kappa shape index (κ3) is 3.60. The van der Waals surface area contributed by atoms with Gasteiger partial charge < -0.3 is 16.4 Å². The molecule has 0 bridgehead atoms. The summed E-state index contributed by atoms with van der Waals surface area (Å²) in [5, 5.41) is 5.79. The highest BCUT2D eigenvalue weighted by atomic mass is 16.2. The lowest BCUT2D eigenvalue weighted by molar-refractivity contribution is -0.117. The maximum Gasteiger partial charge on any atom is 0.257 e. The highest BCUT2D eigenvalue weighted by Gasteiger charge is 2.12. The first-order chi connectivity index (χ1) is 10.1. The number of amides is 2. The lowest BCUT2D eigenvalue weighted by Gasteiger charge is -2.12. The molecule has 5 nitrogen and oxygen atoms in total. The summed E-state index contributed by atoms with van der Waals surface area (Å²) in [5.41, 5.74) is 7.78. The Morgan fingerprint density at radius 1 is 1.00 bits per heavy atom. The molecule has 2 rings (SSSR count). The largest absolute Gasteiger partial charge is 0.387 e. The number of benzene rings is 2. The van der Waals surface area contributed by atoms with Crippen molar-refractivity contribution in [3.8, 4) is 0 Å². The highest BCUT2D eigenvalue weighted by molar-refractivity contribution is 6.08. The van der Waals surface area contributed by atoms with Gasteiger partial charge in [0.05, 0.1) is 12.0 Å². The van der Waals surface area contributed by atoms with Crippen molar-refractivity contribution >= 4 is 23.2 Å². The molecule has 4 N–H and O–H groups in total. The van der Waals surface area contributed by atoms with E-state index >= 15 is 0 Å². The Hall–Kier alpha value is -2.82. The van der Waals surface area contributed by atoms with Gasteiger partial charge in [0.25, 0.3) is 5.91 Å². The molecular formula is C16H17N3O2. The number of nitrogens with two attached hydrogens (primary N) is 1. The molecule has 0 radical (unpaired) electrons. The summed E-state index contributed by atoms with van der Waals surface area (Å²) in [6.07, 6.45) is 0.0874. The Balaban J connectivity index is 2.26. The second-order valence-electron chi connectivity index (χ2n) is 4.55. The van der Waals surface area contributed by atoms with Gasteiger partial charge in [0, 0.05) is 18.4 Å². The maximum absolute atomic E-state index is 12.4. The van der Waals surface area contributed by atoms with Crippen LogP contribution in [0.3, 0.4) is 0 Å². The van der Waals surface area contributed by atoms with E-state index in [9.17, 15) is 9.59 Å². The number of rotatable bonds is 5. The fraction of sp³-hybridized carbons (Fsp3) is 0.125. The van der Waals surface area contributed by atoms with Gasteiger partial charge in [0.15, 0.2) is 0 Å². The fourth-order valence-electron chi connectivity index (χ4n) is 2.07. The Kier molecular flexibility index (Phi) is 4.56. The molecule has 0 unspecified atom stereocenters. The number of anilines is 2. The minimum absolute atomic E-state index is 0.0874. The summed E-state index contributed by atoms with van der Waals surface area (Å²) >= 11 is 0. The molecule has 0 spiro atoms. The zero-order valence-electron chi connectivity index (χ0n) is 11.7. The number of hydrogen-bond donors (Lipinski definition) is 3. The molecule has 0 aliphatic carbocycles. The Labute approximate surface area is 123 Å². The molecule has 21 heavy (non-hydrogen) atoms. The van der Waals surface area contributed by atoms with Crippen molar-refractivity contribution in [2.75, 3.05) is 17.7 Å². The van der Waals surface area contributed by atoms with Crippen molar-refractivity contribution in [1.29, 1.82) is 0 Å². The number of hydrogen-bond acceptors (Lipinski definition) is 3. The van der Waals surface area contributed by atoms with Crippen LogP contribution in [0.25, 0.3) is 0 Å². The first kappa shape index (κ1) is 14.6. The first-order valence-electron chi connectivity index (χ1n) is 6.56. The second kappa shape index (κ2) is 6.56. The molecule has 0 aliphatic heterocycles. The maximum atomic E-state index is 12.4. The minimum atomic E-state index is -0.438. The summed E-state index contributed by atoms with van der Waals surface area (Å²) in [5.74, 6) is -0.677. The van der Waals surface area contributed by atoms with Crippen LogP contribution in [0, 0.1) is 0 Å². The van der Waals surface area contributed by atoms with Gasteiger partial charge in [-0.1, -0.05) is 30.3 Å². The first-order valence-corrected chi connectivity index (χ1v) is 6.56. The summed E-state index contributed by atoms with van der Waals surface area (Å²) in [7, 11) is 1.76. The van der Waals surface area contributed by atoms with E-state index in [0.29, 0.717) is 16.8 Å². The molecule has 2 aromatic rings. The average molecular weight is 283 g/mol. The third-order valence-corrected chi connectivity index (χ3v) is 3.07. The molecular weight excluding hydrogens is 266 g/mol. The molecule has 0 aromatic heterocycles. The summed E-state index contributed by atoms with van der Waals surface area (Å²) in [6, 6.07) is 14.3. The van der Waals surface area contributed by atoms with Crippen molar-refractivity contribution < 1.29 is 9.59 Å². The van der Waals surface area contributed by atoms with Gasteiger partial charge in [-0.2, -0.15) is 0 Å². The molecule has 0 heterocycles. The van der Waals surface area contributed by atoms with Gasteiger partial charge in [0.1, 0.15) is 0 Å². The van der Waals surface area contributed by atoms with Crippen LogP contribution in [-0.4, -0.2) is 18.9 Å². The predicted molar refractivity (Wildman–Crippen MR) is 83.3 cm³/mol. The predicted octanol–water partition coefficient (Wildman–Crippen LogP) is 2.01. The molecule has 0 fully saturated rings. The van der Waals surface area contributed by atoms with Crippen LogP contribution in [0.15, 0.2) is 48.5 Å². The Morgan fingerprint density at radius 2 is 1.62 bits per heavy atom. The van der Waals surface area contributed by atoms with E-state index in [4.69, 9.17) is 5.73 Å². The number of carbonyl (C=O) groups is 2. The van der Waals surface area contributed by atoms with Gasteiger partial charge in [-0.3, -0.25) is 9.59 Å². The number of primary amides is 1. The molecule has 2 amide bonds. The van der Waals surface area contributed by atoms with E-state index in [1.807, 2.05) is 12.1 Å². The topological polar surface area (TPSA) is 84.2 Å². The van der Waals surface area contributed by atoms with E-state index in [2.05, 4.69) is 10.6 Å². The lowest BCUT2D eigenvalue weighted by atomic mass is 10.1. The Morgan fingerprint density at radius 3 is 2.29 bits per heavy atom. The van der Waals surface area contributed by atoms with Crippen LogP contribution in [-0.2, 0) is 11.2 Å². The van der Waals surface area contributed by atoms with Crippen LogP contribution < -0.4 is 16.4 Å².